The van der Waals surface area contributed by atoms with Gasteiger partial charge in [-0.05, 0) is 34.0 Å². The lowest BCUT2D eigenvalue weighted by molar-refractivity contribution is -0.384. The molecule has 1 N–H and O–H groups in total. The zero-order valence-electron chi connectivity index (χ0n) is 11.1. The number of carbonyl (C=O) groups is 1. The van der Waals surface area contributed by atoms with Crippen LogP contribution in [0.15, 0.2) is 53.0 Å². The van der Waals surface area contributed by atoms with Crippen molar-refractivity contribution in [3.05, 3.63) is 68.7 Å². The Balaban J connectivity index is 1.95. The second kappa shape index (κ2) is 6.99. The Morgan fingerprint density at radius 2 is 1.90 bits per heavy atom. The minimum atomic E-state index is -0.480. The van der Waals surface area contributed by atoms with Gasteiger partial charge in [-0.3, -0.25) is 14.9 Å². The first-order valence-electron chi connectivity index (χ1n) is 6.34. The summed E-state index contributed by atoms with van der Waals surface area (Å²) in [6, 6.07) is 14.0. The summed E-state index contributed by atoms with van der Waals surface area (Å²) in [5.41, 5.74) is 1.60. The molecule has 6 heteroatoms. The van der Waals surface area contributed by atoms with Crippen molar-refractivity contribution in [1.29, 1.82) is 0 Å². The van der Waals surface area contributed by atoms with Gasteiger partial charge >= 0.3 is 0 Å². The molecule has 0 saturated carbocycles. The van der Waals surface area contributed by atoms with Crippen molar-refractivity contribution >= 4 is 33.2 Å². The number of aryl methyl sites for hydroxylation is 1. The lowest BCUT2D eigenvalue weighted by Crippen LogP contribution is -2.12. The van der Waals surface area contributed by atoms with Gasteiger partial charge in [-0.2, -0.15) is 0 Å². The minimum absolute atomic E-state index is 0.0239. The number of nitrogens with zero attached hydrogens (tertiary/aromatic N) is 1. The van der Waals surface area contributed by atoms with E-state index in [1.165, 1.54) is 18.2 Å². The zero-order valence-corrected chi connectivity index (χ0v) is 12.7. The highest BCUT2D eigenvalue weighted by molar-refractivity contribution is 9.10. The number of nitro benzene ring substituents is 1. The first-order valence-corrected chi connectivity index (χ1v) is 7.13. The summed E-state index contributed by atoms with van der Waals surface area (Å²) in [6.07, 6.45) is 1.00. The smallest absolute Gasteiger partial charge is 0.270 e. The molecule has 0 radical (unpaired) electrons. The molecule has 0 saturated heterocycles. The van der Waals surface area contributed by atoms with E-state index in [4.69, 9.17) is 0 Å². The van der Waals surface area contributed by atoms with Crippen molar-refractivity contribution in [3.8, 4) is 0 Å². The highest BCUT2D eigenvalue weighted by Gasteiger charge is 2.11. The van der Waals surface area contributed by atoms with Crippen molar-refractivity contribution in [2.24, 2.45) is 0 Å². The second-order valence-corrected chi connectivity index (χ2v) is 5.31. The Hall–Kier alpha value is -2.21. The van der Waals surface area contributed by atoms with Crippen LogP contribution < -0.4 is 5.32 Å². The summed E-state index contributed by atoms with van der Waals surface area (Å²) in [6.45, 7) is 0. The normalized spacial score (nSPS) is 10.1. The summed E-state index contributed by atoms with van der Waals surface area (Å²) in [5, 5.41) is 13.4. The fourth-order valence-electron chi connectivity index (χ4n) is 1.83. The Bertz CT molecular complexity index is 659. The van der Waals surface area contributed by atoms with Gasteiger partial charge in [-0.15, -0.1) is 0 Å². The molecule has 0 atom stereocenters. The zero-order chi connectivity index (χ0) is 15.2. The molecule has 1 amide bonds. The summed E-state index contributed by atoms with van der Waals surface area (Å²) in [5.74, 6) is -0.131. The molecule has 0 unspecified atom stereocenters. The van der Waals surface area contributed by atoms with Crippen LogP contribution in [0, 0.1) is 10.1 Å². The third kappa shape index (κ3) is 4.39. The van der Waals surface area contributed by atoms with Crippen LogP contribution in [-0.4, -0.2) is 10.8 Å². The molecule has 0 bridgehead atoms. The molecule has 2 rings (SSSR count). The van der Waals surface area contributed by atoms with Gasteiger partial charge in [-0.1, -0.05) is 30.3 Å². The van der Waals surface area contributed by atoms with E-state index < -0.39 is 4.92 Å². The number of hydrogen-bond acceptors (Lipinski definition) is 3. The number of rotatable bonds is 5. The van der Waals surface area contributed by atoms with Gasteiger partial charge in [0.05, 0.1) is 10.6 Å². The van der Waals surface area contributed by atoms with Crippen LogP contribution in [0.4, 0.5) is 11.4 Å². The predicted molar refractivity (Wildman–Crippen MR) is 84.2 cm³/mol. The van der Waals surface area contributed by atoms with E-state index in [9.17, 15) is 14.9 Å². The number of anilines is 1. The topological polar surface area (TPSA) is 72.2 Å². The van der Waals surface area contributed by atoms with Gasteiger partial charge in [-0.25, -0.2) is 0 Å². The third-order valence-corrected chi connectivity index (χ3v) is 3.58. The SMILES string of the molecule is O=C(CCc1ccccc1)Nc1ccc([N+](=O)[O-])cc1Br. The number of halogens is 1. The van der Waals surface area contributed by atoms with E-state index in [1.807, 2.05) is 30.3 Å². The molecule has 0 spiro atoms. The summed E-state index contributed by atoms with van der Waals surface area (Å²) >= 11 is 3.22. The average Bonchev–Trinajstić information content (AvgIpc) is 2.48. The van der Waals surface area contributed by atoms with E-state index >= 15 is 0 Å². The second-order valence-electron chi connectivity index (χ2n) is 4.46. The number of benzene rings is 2. The quantitative estimate of drug-likeness (QED) is 0.657. The molecular formula is C15H13BrN2O3. The van der Waals surface area contributed by atoms with Crippen molar-refractivity contribution in [1.82, 2.24) is 0 Å². The minimum Gasteiger partial charge on any atom is -0.325 e. The summed E-state index contributed by atoms with van der Waals surface area (Å²) in [4.78, 5) is 22.1. The Morgan fingerprint density at radius 3 is 2.52 bits per heavy atom. The first kappa shape index (κ1) is 15.2. The standard InChI is InChI=1S/C15H13BrN2O3/c16-13-10-12(18(20)21)7-8-14(13)17-15(19)9-6-11-4-2-1-3-5-11/h1-5,7-8,10H,6,9H2,(H,17,19). The average molecular weight is 349 g/mol. The Labute approximate surface area is 130 Å². The predicted octanol–water partition coefficient (Wildman–Crippen LogP) is 3.93. The molecule has 21 heavy (non-hydrogen) atoms. The molecule has 0 aliphatic heterocycles. The van der Waals surface area contributed by atoms with Gasteiger partial charge < -0.3 is 5.32 Å². The van der Waals surface area contributed by atoms with E-state index in [2.05, 4.69) is 21.2 Å². The number of amides is 1. The van der Waals surface area contributed by atoms with Crippen LogP contribution in [0.25, 0.3) is 0 Å². The lowest BCUT2D eigenvalue weighted by atomic mass is 10.1. The van der Waals surface area contributed by atoms with E-state index in [1.54, 1.807) is 0 Å². The highest BCUT2D eigenvalue weighted by Crippen LogP contribution is 2.27. The summed E-state index contributed by atoms with van der Waals surface area (Å²) < 4.78 is 0.491. The molecule has 0 aromatic heterocycles. The molecule has 2 aromatic carbocycles. The van der Waals surface area contributed by atoms with Crippen molar-refractivity contribution in [3.63, 3.8) is 0 Å². The van der Waals surface area contributed by atoms with E-state index in [-0.39, 0.29) is 11.6 Å². The Morgan fingerprint density at radius 1 is 1.19 bits per heavy atom. The molecular weight excluding hydrogens is 336 g/mol. The van der Waals surface area contributed by atoms with Gasteiger partial charge in [0.15, 0.2) is 0 Å². The number of carbonyl (C=O) groups excluding carboxylic acids is 1. The van der Waals surface area contributed by atoms with Crippen LogP contribution in [0.2, 0.25) is 0 Å². The van der Waals surface area contributed by atoms with Crippen molar-refractivity contribution < 1.29 is 9.72 Å². The monoisotopic (exact) mass is 348 g/mol. The van der Waals surface area contributed by atoms with Crippen LogP contribution in [0.1, 0.15) is 12.0 Å². The van der Waals surface area contributed by atoms with Gasteiger partial charge in [0, 0.05) is 23.0 Å². The maximum Gasteiger partial charge on any atom is 0.270 e. The van der Waals surface area contributed by atoms with Gasteiger partial charge in [0.1, 0.15) is 0 Å². The van der Waals surface area contributed by atoms with Crippen LogP contribution >= 0.6 is 15.9 Å². The molecule has 0 aliphatic carbocycles. The number of nitrogens with one attached hydrogen (secondary N) is 1. The molecule has 0 aliphatic rings. The maximum atomic E-state index is 11.9. The first-order chi connectivity index (χ1) is 10.1. The molecule has 2 aromatic rings. The molecule has 108 valence electrons. The number of nitro groups is 1. The van der Waals surface area contributed by atoms with Gasteiger partial charge in [0.2, 0.25) is 5.91 Å². The Kier molecular flexibility index (Phi) is 5.05. The van der Waals surface area contributed by atoms with Crippen LogP contribution in [0.5, 0.6) is 0 Å². The third-order valence-electron chi connectivity index (χ3n) is 2.92. The fraction of sp³-hybridized carbons (Fsp3) is 0.133. The largest absolute Gasteiger partial charge is 0.325 e. The number of hydrogen-bond donors (Lipinski definition) is 1. The fourth-order valence-corrected chi connectivity index (χ4v) is 2.30. The number of non-ortho nitro benzene ring substituents is 1. The van der Waals surface area contributed by atoms with E-state index in [0.29, 0.717) is 23.0 Å². The van der Waals surface area contributed by atoms with Crippen molar-refractivity contribution in [2.45, 2.75) is 12.8 Å². The molecule has 5 nitrogen and oxygen atoms in total. The highest BCUT2D eigenvalue weighted by atomic mass is 79.9. The lowest BCUT2D eigenvalue weighted by Gasteiger charge is -2.07. The van der Waals surface area contributed by atoms with Gasteiger partial charge in [0.25, 0.3) is 5.69 Å². The molecule has 0 fully saturated rings. The van der Waals surface area contributed by atoms with Crippen LogP contribution in [-0.2, 0) is 11.2 Å². The van der Waals surface area contributed by atoms with E-state index in [0.717, 1.165) is 5.56 Å². The van der Waals surface area contributed by atoms with Crippen molar-refractivity contribution in [2.75, 3.05) is 5.32 Å². The molecule has 0 heterocycles. The maximum absolute atomic E-state index is 11.9. The summed E-state index contributed by atoms with van der Waals surface area (Å²) in [7, 11) is 0. The van der Waals surface area contributed by atoms with Crippen LogP contribution in [0.3, 0.4) is 0 Å².